The van der Waals surface area contributed by atoms with Crippen LogP contribution in [0.3, 0.4) is 0 Å². The number of fused-ring (bicyclic) bond motifs is 2. The van der Waals surface area contributed by atoms with Crippen molar-refractivity contribution in [2.75, 3.05) is 0 Å². The zero-order valence-electron chi connectivity index (χ0n) is 11.5. The smallest absolute Gasteiger partial charge is 0.186 e. The molecule has 0 aliphatic heterocycles. The van der Waals surface area contributed by atoms with E-state index in [-0.39, 0.29) is 22.7 Å². The molecule has 1 aliphatic carbocycles. The summed E-state index contributed by atoms with van der Waals surface area (Å²) in [5.41, 5.74) is 1.62. The molecule has 1 heterocycles. The van der Waals surface area contributed by atoms with Crippen molar-refractivity contribution in [3.63, 3.8) is 0 Å². The second-order valence-corrected chi connectivity index (χ2v) is 4.82. The maximum absolute atomic E-state index is 12.7. The van der Waals surface area contributed by atoms with Crippen molar-refractivity contribution in [2.24, 2.45) is 0 Å². The number of benzene rings is 2. The first-order valence-electron chi connectivity index (χ1n) is 6.73. The average molecular weight is 293 g/mol. The Morgan fingerprint density at radius 3 is 2.32 bits per heavy atom. The molecule has 3 nitrogen and oxygen atoms in total. The van der Waals surface area contributed by atoms with Crippen molar-refractivity contribution >= 4 is 22.5 Å². The van der Waals surface area contributed by atoms with Gasteiger partial charge in [-0.05, 0) is 47.9 Å². The molecule has 0 atom stereocenters. The zero-order valence-corrected chi connectivity index (χ0v) is 11.5. The van der Waals surface area contributed by atoms with Gasteiger partial charge in [0.15, 0.2) is 11.6 Å². The minimum Gasteiger partial charge on any atom is -0.361 e. The minimum atomic E-state index is -0.504. The van der Waals surface area contributed by atoms with Crippen LogP contribution in [0, 0.1) is 5.82 Å². The molecular formula is C18H12FNO2. The Bertz CT molecular complexity index is 863. The lowest BCUT2D eigenvalue weighted by Gasteiger charge is -2.07. The molecule has 0 saturated carbocycles. The van der Waals surface area contributed by atoms with E-state index in [9.17, 15) is 14.0 Å². The first-order chi connectivity index (χ1) is 10.6. The molecule has 0 spiro atoms. The molecule has 22 heavy (non-hydrogen) atoms. The number of hydrogen-bond donors (Lipinski definition) is 1. The van der Waals surface area contributed by atoms with E-state index >= 15 is 0 Å². The number of aromatic amines is 1. The largest absolute Gasteiger partial charge is 0.361 e. The lowest BCUT2D eigenvalue weighted by atomic mass is 9.95. The van der Waals surface area contributed by atoms with Crippen LogP contribution in [-0.4, -0.2) is 16.6 Å². The first-order valence-corrected chi connectivity index (χ1v) is 6.73. The molecule has 4 heteroatoms. The van der Waals surface area contributed by atoms with Gasteiger partial charge >= 0.3 is 0 Å². The van der Waals surface area contributed by atoms with Gasteiger partial charge in [-0.25, -0.2) is 4.39 Å². The van der Waals surface area contributed by atoms with Gasteiger partial charge in [0.2, 0.25) is 0 Å². The van der Waals surface area contributed by atoms with E-state index in [0.29, 0.717) is 0 Å². The van der Waals surface area contributed by atoms with Gasteiger partial charge in [0.05, 0.1) is 0 Å². The number of ketones is 2. The lowest BCUT2D eigenvalue weighted by Crippen LogP contribution is -2.11. The number of hydrogen-bond acceptors (Lipinski definition) is 2. The van der Waals surface area contributed by atoms with Gasteiger partial charge in [0.1, 0.15) is 5.82 Å². The molecule has 0 bridgehead atoms. The molecule has 0 unspecified atom stereocenters. The third kappa shape index (κ3) is 2.72. The number of halogens is 1. The summed E-state index contributed by atoms with van der Waals surface area (Å²) in [7, 11) is 0. The monoisotopic (exact) mass is 293 g/mol. The number of aromatic nitrogens is 1. The lowest BCUT2D eigenvalue weighted by molar-refractivity contribution is 0.0993. The summed E-state index contributed by atoms with van der Waals surface area (Å²) in [6, 6.07) is 13.9. The third-order valence-corrected chi connectivity index (χ3v) is 3.36. The maximum atomic E-state index is 12.7. The number of allylic oxidation sites excluding steroid dienone is 2. The fraction of sp³-hybridized carbons (Fsp3) is 0. The van der Waals surface area contributed by atoms with E-state index in [2.05, 4.69) is 23.2 Å². The fourth-order valence-corrected chi connectivity index (χ4v) is 2.26. The van der Waals surface area contributed by atoms with E-state index in [0.717, 1.165) is 12.1 Å². The predicted octanol–water partition coefficient (Wildman–Crippen LogP) is 3.93. The Kier molecular flexibility index (Phi) is 3.66. The Labute approximate surface area is 126 Å². The number of para-hydroxylation sites is 1. The molecule has 1 aliphatic rings. The summed E-state index contributed by atoms with van der Waals surface area (Å²) < 4.78 is 12.7. The van der Waals surface area contributed by atoms with Crippen molar-refractivity contribution in [1.82, 2.24) is 4.98 Å². The number of carbonyl (C=O) groups is 2. The van der Waals surface area contributed by atoms with Crippen LogP contribution in [-0.2, 0) is 0 Å². The second kappa shape index (κ2) is 5.77. The fourth-order valence-electron chi connectivity index (χ4n) is 2.26. The average Bonchev–Trinajstić information content (AvgIpc) is 3.00. The summed E-state index contributed by atoms with van der Waals surface area (Å²) in [4.78, 5) is 25.5. The van der Waals surface area contributed by atoms with Gasteiger partial charge < -0.3 is 4.98 Å². The number of H-pyrrole nitrogens is 1. The topological polar surface area (TPSA) is 49.9 Å². The normalized spacial score (nSPS) is 12.8. The van der Waals surface area contributed by atoms with Gasteiger partial charge in [-0.2, -0.15) is 0 Å². The Morgan fingerprint density at radius 2 is 1.55 bits per heavy atom. The molecular weight excluding hydrogens is 281 g/mol. The van der Waals surface area contributed by atoms with Crippen molar-refractivity contribution in [2.45, 2.75) is 0 Å². The molecule has 0 amide bonds. The molecule has 1 N–H and O–H groups in total. The van der Waals surface area contributed by atoms with Crippen LogP contribution in [0.1, 0.15) is 20.7 Å². The van der Waals surface area contributed by atoms with Crippen LogP contribution >= 0.6 is 0 Å². The van der Waals surface area contributed by atoms with Crippen LogP contribution in [0.2, 0.25) is 0 Å². The molecule has 0 saturated heterocycles. The number of nitrogens with one attached hydrogen (secondary N) is 1. The van der Waals surface area contributed by atoms with Gasteiger partial charge in [-0.1, -0.05) is 18.2 Å². The van der Waals surface area contributed by atoms with E-state index in [4.69, 9.17) is 0 Å². The first kappa shape index (κ1) is 13.9. The standard InChI is InChI=1S/C10H5FO2.C8H7N/c11-6-1-2-7-8(5-6)10(13)4-3-9(7)12;1-2-4-8-7(3-1)5-6-9-8/h1-5H;1-6,9H. The van der Waals surface area contributed by atoms with E-state index in [1.165, 1.54) is 29.1 Å². The molecule has 0 radical (unpaired) electrons. The van der Waals surface area contributed by atoms with E-state index < -0.39 is 5.82 Å². The maximum Gasteiger partial charge on any atom is 0.186 e. The van der Waals surface area contributed by atoms with Gasteiger partial charge in [-0.3, -0.25) is 9.59 Å². The molecule has 4 rings (SSSR count). The molecule has 0 fully saturated rings. The molecule has 108 valence electrons. The van der Waals surface area contributed by atoms with Crippen LogP contribution in [0.25, 0.3) is 10.9 Å². The highest BCUT2D eigenvalue weighted by molar-refractivity contribution is 6.21. The minimum absolute atomic E-state index is 0.146. The Hall–Kier alpha value is -3.01. The summed E-state index contributed by atoms with van der Waals surface area (Å²) in [5, 5.41) is 1.28. The van der Waals surface area contributed by atoms with Crippen molar-refractivity contribution in [3.05, 3.63) is 83.8 Å². The van der Waals surface area contributed by atoms with Crippen molar-refractivity contribution < 1.29 is 14.0 Å². The van der Waals surface area contributed by atoms with Crippen LogP contribution < -0.4 is 0 Å². The highest BCUT2D eigenvalue weighted by Crippen LogP contribution is 2.17. The molecule has 2 aromatic carbocycles. The summed E-state index contributed by atoms with van der Waals surface area (Å²) in [5.74, 6) is -1.08. The van der Waals surface area contributed by atoms with E-state index in [1.807, 2.05) is 18.3 Å². The highest BCUT2D eigenvalue weighted by Gasteiger charge is 2.18. The zero-order chi connectivity index (χ0) is 15.5. The molecule has 1 aromatic heterocycles. The van der Waals surface area contributed by atoms with Crippen LogP contribution in [0.4, 0.5) is 4.39 Å². The number of carbonyl (C=O) groups excluding carboxylic acids is 2. The molecule has 3 aromatic rings. The van der Waals surface area contributed by atoms with Gasteiger partial charge in [0, 0.05) is 22.8 Å². The summed E-state index contributed by atoms with van der Waals surface area (Å²) >= 11 is 0. The van der Waals surface area contributed by atoms with Gasteiger partial charge in [-0.15, -0.1) is 0 Å². The second-order valence-electron chi connectivity index (χ2n) is 4.82. The van der Waals surface area contributed by atoms with Crippen LogP contribution in [0.15, 0.2) is 66.9 Å². The van der Waals surface area contributed by atoms with E-state index in [1.54, 1.807) is 0 Å². The highest BCUT2D eigenvalue weighted by atomic mass is 19.1. The summed E-state index contributed by atoms with van der Waals surface area (Å²) in [6.07, 6.45) is 4.30. The van der Waals surface area contributed by atoms with Crippen molar-refractivity contribution in [1.29, 1.82) is 0 Å². The Morgan fingerprint density at radius 1 is 0.818 bits per heavy atom. The predicted molar refractivity (Wildman–Crippen MR) is 82.5 cm³/mol. The SMILES string of the molecule is O=C1C=CC(=O)c2cc(F)ccc21.c1ccc2[nH]ccc2c1. The quantitative estimate of drug-likeness (QED) is 0.682. The van der Waals surface area contributed by atoms with Gasteiger partial charge in [0.25, 0.3) is 0 Å². The van der Waals surface area contributed by atoms with Crippen molar-refractivity contribution in [3.8, 4) is 0 Å². The number of rotatable bonds is 0. The third-order valence-electron chi connectivity index (χ3n) is 3.36. The Balaban J connectivity index is 0.000000139. The summed E-state index contributed by atoms with van der Waals surface area (Å²) in [6.45, 7) is 0. The van der Waals surface area contributed by atoms with Crippen LogP contribution in [0.5, 0.6) is 0 Å².